The highest BCUT2D eigenvalue weighted by molar-refractivity contribution is 6.30. The van der Waals surface area contributed by atoms with Crippen LogP contribution in [0.1, 0.15) is 5.89 Å². The van der Waals surface area contributed by atoms with Crippen molar-refractivity contribution in [2.75, 3.05) is 12.4 Å². The highest BCUT2D eigenvalue weighted by Gasteiger charge is 2.08. The lowest BCUT2D eigenvalue weighted by Crippen LogP contribution is -2.22. The van der Waals surface area contributed by atoms with Gasteiger partial charge in [0.25, 0.3) is 0 Å². The smallest absolute Gasteiger partial charge is 0.248 e. The molecule has 1 aromatic heterocycles. The number of aromatic nitrogens is 2. The maximum Gasteiger partial charge on any atom is 0.248 e. The molecule has 0 amide bonds. The normalized spacial score (nSPS) is 11.4. The average Bonchev–Trinajstić information content (AvgIpc) is 3.10. The van der Waals surface area contributed by atoms with E-state index in [9.17, 15) is 0 Å². The average molecular weight is 358 g/mol. The van der Waals surface area contributed by atoms with Crippen LogP contribution in [0, 0.1) is 0 Å². The molecule has 7 nitrogen and oxygen atoms in total. The Kier molecular flexibility index (Phi) is 5.15. The zero-order chi connectivity index (χ0) is 17.6. The van der Waals surface area contributed by atoms with Gasteiger partial charge in [-0.2, -0.15) is 4.98 Å². The number of nitrogens with one attached hydrogen (secondary N) is 1. The van der Waals surface area contributed by atoms with E-state index < -0.39 is 0 Å². The van der Waals surface area contributed by atoms with Crippen molar-refractivity contribution in [3.63, 3.8) is 0 Å². The van der Waals surface area contributed by atoms with Crippen molar-refractivity contribution in [1.29, 1.82) is 0 Å². The number of hydrogen-bond acceptors (Lipinski definition) is 5. The molecular formula is C17H16ClN5O2. The molecule has 2 aromatic carbocycles. The number of aliphatic imine (C=N–C) groups is 1. The van der Waals surface area contributed by atoms with E-state index >= 15 is 0 Å². The number of rotatable bonds is 5. The molecule has 8 heteroatoms. The molecule has 0 saturated carbocycles. The molecule has 0 unspecified atom stereocenters. The van der Waals surface area contributed by atoms with Crippen LogP contribution in [-0.2, 0) is 6.54 Å². The van der Waals surface area contributed by atoms with Crippen molar-refractivity contribution >= 4 is 23.2 Å². The Bertz CT molecular complexity index is 860. The summed E-state index contributed by atoms with van der Waals surface area (Å²) in [5.41, 5.74) is 7.47. The van der Waals surface area contributed by atoms with Crippen LogP contribution in [0.5, 0.6) is 5.75 Å². The fraction of sp³-hybridized carbons (Fsp3) is 0.118. The van der Waals surface area contributed by atoms with Gasteiger partial charge in [-0.05, 0) is 48.5 Å². The minimum absolute atomic E-state index is 0.176. The Morgan fingerprint density at radius 3 is 2.60 bits per heavy atom. The first-order valence-corrected chi connectivity index (χ1v) is 7.81. The first-order valence-electron chi connectivity index (χ1n) is 7.43. The maximum absolute atomic E-state index is 5.86. The molecule has 0 spiro atoms. The van der Waals surface area contributed by atoms with E-state index in [1.165, 1.54) is 0 Å². The monoisotopic (exact) mass is 357 g/mol. The number of methoxy groups -OCH3 is 1. The number of halogens is 1. The standard InChI is InChI=1S/C17H16ClN5O2/c1-24-14-8-6-13(7-9-14)21-17(19)20-10-15-22-16(23-25-15)11-2-4-12(18)5-3-11/h2-9H,10H2,1H3,(H3,19,20,21). The van der Waals surface area contributed by atoms with E-state index in [0.29, 0.717) is 16.7 Å². The van der Waals surface area contributed by atoms with Crippen LogP contribution >= 0.6 is 11.6 Å². The zero-order valence-electron chi connectivity index (χ0n) is 13.4. The van der Waals surface area contributed by atoms with Crippen LogP contribution < -0.4 is 15.8 Å². The minimum Gasteiger partial charge on any atom is -0.497 e. The topological polar surface area (TPSA) is 98.6 Å². The van der Waals surface area contributed by atoms with Crippen molar-refractivity contribution in [3.8, 4) is 17.1 Å². The summed E-state index contributed by atoms with van der Waals surface area (Å²) in [6.07, 6.45) is 0. The summed E-state index contributed by atoms with van der Waals surface area (Å²) in [5.74, 6) is 1.85. The van der Waals surface area contributed by atoms with Gasteiger partial charge in [0.15, 0.2) is 5.96 Å². The molecule has 3 aromatic rings. The summed E-state index contributed by atoms with van der Waals surface area (Å²) in [6, 6.07) is 14.5. The second-order valence-corrected chi connectivity index (χ2v) is 5.51. The molecule has 3 N–H and O–H groups in total. The molecule has 128 valence electrons. The summed E-state index contributed by atoms with van der Waals surface area (Å²) in [5, 5.41) is 7.55. The second kappa shape index (κ2) is 7.67. The summed E-state index contributed by atoms with van der Waals surface area (Å²) < 4.78 is 10.3. The van der Waals surface area contributed by atoms with E-state index in [2.05, 4.69) is 20.4 Å². The van der Waals surface area contributed by atoms with Crippen molar-refractivity contribution in [1.82, 2.24) is 10.1 Å². The van der Waals surface area contributed by atoms with Crippen molar-refractivity contribution < 1.29 is 9.26 Å². The number of benzene rings is 2. The molecule has 0 bridgehead atoms. The quantitative estimate of drug-likeness (QED) is 0.537. The summed E-state index contributed by atoms with van der Waals surface area (Å²) >= 11 is 5.86. The zero-order valence-corrected chi connectivity index (χ0v) is 14.2. The molecule has 0 atom stereocenters. The first kappa shape index (κ1) is 16.8. The Morgan fingerprint density at radius 1 is 1.20 bits per heavy atom. The van der Waals surface area contributed by atoms with Crippen LogP contribution in [0.3, 0.4) is 0 Å². The molecule has 25 heavy (non-hydrogen) atoms. The third kappa shape index (κ3) is 4.48. The molecule has 0 aliphatic rings. The van der Waals surface area contributed by atoms with E-state index in [1.54, 1.807) is 19.2 Å². The summed E-state index contributed by atoms with van der Waals surface area (Å²) in [6.45, 7) is 0.176. The Morgan fingerprint density at radius 2 is 1.92 bits per heavy atom. The maximum atomic E-state index is 5.86. The van der Waals surface area contributed by atoms with Gasteiger partial charge in [0.2, 0.25) is 11.7 Å². The molecule has 0 radical (unpaired) electrons. The molecule has 0 aliphatic carbocycles. The molecule has 1 heterocycles. The number of guanidine groups is 1. The fourth-order valence-corrected chi connectivity index (χ4v) is 2.18. The third-order valence-corrected chi connectivity index (χ3v) is 3.57. The number of ether oxygens (including phenoxy) is 1. The first-order chi connectivity index (χ1) is 12.1. The molecule has 0 aliphatic heterocycles. The third-order valence-electron chi connectivity index (χ3n) is 3.32. The minimum atomic E-state index is 0.176. The summed E-state index contributed by atoms with van der Waals surface area (Å²) in [4.78, 5) is 8.47. The molecule has 3 rings (SSSR count). The largest absolute Gasteiger partial charge is 0.497 e. The summed E-state index contributed by atoms with van der Waals surface area (Å²) in [7, 11) is 1.61. The van der Waals surface area contributed by atoms with Gasteiger partial charge >= 0.3 is 0 Å². The van der Waals surface area contributed by atoms with Crippen LogP contribution in [0.2, 0.25) is 5.02 Å². The number of nitrogens with two attached hydrogens (primary N) is 1. The van der Waals surface area contributed by atoms with Gasteiger partial charge in [-0.25, -0.2) is 4.99 Å². The van der Waals surface area contributed by atoms with Gasteiger partial charge < -0.3 is 20.3 Å². The number of hydrogen-bond donors (Lipinski definition) is 2. The van der Waals surface area contributed by atoms with Crippen LogP contribution in [-0.4, -0.2) is 23.2 Å². The lowest BCUT2D eigenvalue weighted by molar-refractivity contribution is 0.381. The van der Waals surface area contributed by atoms with E-state index in [1.807, 2.05) is 36.4 Å². The Hall–Kier alpha value is -3.06. The SMILES string of the molecule is COc1ccc(NC(N)=NCc2nc(-c3ccc(Cl)cc3)no2)cc1. The Balaban J connectivity index is 1.62. The van der Waals surface area contributed by atoms with E-state index in [0.717, 1.165) is 17.0 Å². The lowest BCUT2D eigenvalue weighted by Gasteiger charge is -2.05. The van der Waals surface area contributed by atoms with Crippen molar-refractivity contribution in [3.05, 3.63) is 59.4 Å². The van der Waals surface area contributed by atoms with Crippen LogP contribution in [0.25, 0.3) is 11.4 Å². The van der Waals surface area contributed by atoms with Crippen LogP contribution in [0.15, 0.2) is 58.0 Å². The molecular weight excluding hydrogens is 342 g/mol. The van der Waals surface area contributed by atoms with Gasteiger partial charge in [-0.3, -0.25) is 0 Å². The predicted octanol–water partition coefficient (Wildman–Crippen LogP) is 3.33. The van der Waals surface area contributed by atoms with Gasteiger partial charge in [0.1, 0.15) is 12.3 Å². The number of anilines is 1. The van der Waals surface area contributed by atoms with Gasteiger partial charge in [0.05, 0.1) is 7.11 Å². The highest BCUT2D eigenvalue weighted by atomic mass is 35.5. The molecule has 0 fully saturated rings. The predicted molar refractivity (Wildman–Crippen MR) is 96.7 cm³/mol. The van der Waals surface area contributed by atoms with Gasteiger partial charge in [-0.1, -0.05) is 16.8 Å². The Labute approximate surface area is 149 Å². The van der Waals surface area contributed by atoms with Gasteiger partial charge in [-0.15, -0.1) is 0 Å². The number of nitrogens with zero attached hydrogens (tertiary/aromatic N) is 3. The van der Waals surface area contributed by atoms with Crippen LogP contribution in [0.4, 0.5) is 5.69 Å². The fourth-order valence-electron chi connectivity index (χ4n) is 2.05. The molecule has 0 saturated heterocycles. The van der Waals surface area contributed by atoms with Crippen molar-refractivity contribution in [2.45, 2.75) is 6.54 Å². The van der Waals surface area contributed by atoms with E-state index in [4.69, 9.17) is 26.6 Å². The van der Waals surface area contributed by atoms with Gasteiger partial charge in [0, 0.05) is 16.3 Å². The second-order valence-electron chi connectivity index (χ2n) is 5.07. The highest BCUT2D eigenvalue weighted by Crippen LogP contribution is 2.19. The van der Waals surface area contributed by atoms with Crippen molar-refractivity contribution in [2.24, 2.45) is 10.7 Å². The van der Waals surface area contributed by atoms with E-state index in [-0.39, 0.29) is 12.5 Å². The lowest BCUT2D eigenvalue weighted by atomic mass is 10.2.